The molecular weight excluding hydrogens is 308 g/mol. The van der Waals surface area contributed by atoms with E-state index in [1.165, 1.54) is 23.9 Å². The van der Waals surface area contributed by atoms with E-state index in [1.807, 2.05) is 31.2 Å². The van der Waals surface area contributed by atoms with Crippen molar-refractivity contribution in [1.82, 2.24) is 5.32 Å². The van der Waals surface area contributed by atoms with Crippen LogP contribution in [0, 0.1) is 5.21 Å². The first-order chi connectivity index (χ1) is 11.5. The highest BCUT2D eigenvalue weighted by Crippen LogP contribution is 2.13. The van der Waals surface area contributed by atoms with E-state index in [-0.39, 0.29) is 11.7 Å². The Kier molecular flexibility index (Phi) is 5.89. The third-order valence-electron chi connectivity index (χ3n) is 3.63. The molecule has 1 aromatic carbocycles. The van der Waals surface area contributed by atoms with Crippen LogP contribution in [0.1, 0.15) is 41.5 Å². The van der Waals surface area contributed by atoms with E-state index in [2.05, 4.69) is 12.2 Å². The molecule has 0 radical (unpaired) electrons. The van der Waals surface area contributed by atoms with Gasteiger partial charge >= 0.3 is 11.7 Å². The van der Waals surface area contributed by atoms with E-state index in [9.17, 15) is 14.8 Å². The fourth-order valence-electron chi connectivity index (χ4n) is 2.20. The lowest BCUT2D eigenvalue weighted by Crippen LogP contribution is -2.36. The van der Waals surface area contributed by atoms with Gasteiger partial charge in [-0.15, -0.1) is 0 Å². The van der Waals surface area contributed by atoms with Gasteiger partial charge in [-0.25, -0.2) is 4.79 Å². The van der Waals surface area contributed by atoms with Crippen LogP contribution in [0.5, 0.6) is 0 Å². The monoisotopic (exact) mass is 328 g/mol. The van der Waals surface area contributed by atoms with Crippen molar-refractivity contribution in [3.63, 3.8) is 0 Å². The molecule has 1 amide bonds. The molecule has 2 aromatic rings. The number of rotatable bonds is 6. The number of hydrogen-bond acceptors (Lipinski definition) is 4. The minimum atomic E-state index is -0.833. The van der Waals surface area contributed by atoms with Gasteiger partial charge in [-0.3, -0.25) is 4.79 Å². The second kappa shape index (κ2) is 8.10. The molecule has 6 nitrogen and oxygen atoms in total. The van der Waals surface area contributed by atoms with Crippen molar-refractivity contribution >= 4 is 11.9 Å². The highest BCUT2D eigenvalue weighted by molar-refractivity contribution is 5.88. The number of amides is 1. The molecule has 0 aliphatic heterocycles. The Bertz CT molecular complexity index is 713. The Morgan fingerprint density at radius 1 is 1.21 bits per heavy atom. The number of hydrogen-bond donors (Lipinski definition) is 1. The van der Waals surface area contributed by atoms with E-state index < -0.39 is 18.5 Å². The summed E-state index contributed by atoms with van der Waals surface area (Å²) in [5, 5.41) is 14.2. The average molecular weight is 328 g/mol. The largest absolute Gasteiger partial charge is 0.618 e. The molecule has 24 heavy (non-hydrogen) atoms. The summed E-state index contributed by atoms with van der Waals surface area (Å²) in [6, 6.07) is 12.1. The number of carbonyl (C=O) groups is 2. The number of carbonyl (C=O) groups excluding carboxylic acids is 2. The SMILES string of the molecule is CCc1ccc([C@@H](C)NC(=O)COC(=O)c2cccc[n+]2[O-])cc1. The third kappa shape index (κ3) is 4.55. The normalized spacial score (nSPS) is 11.6. The summed E-state index contributed by atoms with van der Waals surface area (Å²) in [6.45, 7) is 3.49. The van der Waals surface area contributed by atoms with E-state index >= 15 is 0 Å². The van der Waals surface area contributed by atoms with E-state index in [0.29, 0.717) is 4.73 Å². The highest BCUT2D eigenvalue weighted by atomic mass is 16.5. The van der Waals surface area contributed by atoms with Gasteiger partial charge in [-0.1, -0.05) is 31.2 Å². The van der Waals surface area contributed by atoms with Crippen LogP contribution in [0.2, 0.25) is 0 Å². The molecule has 0 fully saturated rings. The first-order valence-corrected chi connectivity index (χ1v) is 7.74. The van der Waals surface area contributed by atoms with Gasteiger partial charge in [0.2, 0.25) is 0 Å². The molecule has 2 rings (SSSR count). The van der Waals surface area contributed by atoms with Gasteiger partial charge in [0, 0.05) is 12.1 Å². The van der Waals surface area contributed by atoms with Gasteiger partial charge < -0.3 is 15.3 Å². The van der Waals surface area contributed by atoms with Gasteiger partial charge in [0.1, 0.15) is 0 Å². The fraction of sp³-hybridized carbons (Fsp3) is 0.278. The quantitative estimate of drug-likeness (QED) is 0.499. The number of ether oxygens (including phenoxy) is 1. The molecule has 1 aromatic heterocycles. The predicted octanol–water partition coefficient (Wildman–Crippen LogP) is 1.92. The van der Waals surface area contributed by atoms with Crippen LogP contribution < -0.4 is 10.0 Å². The van der Waals surface area contributed by atoms with Crippen LogP contribution >= 0.6 is 0 Å². The summed E-state index contributed by atoms with van der Waals surface area (Å²) in [5.41, 5.74) is 2.03. The van der Waals surface area contributed by atoms with Crippen LogP contribution in [0.4, 0.5) is 0 Å². The molecule has 1 heterocycles. The third-order valence-corrected chi connectivity index (χ3v) is 3.63. The molecule has 0 spiro atoms. The molecule has 1 atom stereocenters. The lowest BCUT2D eigenvalue weighted by molar-refractivity contribution is -0.608. The van der Waals surface area contributed by atoms with Crippen molar-refractivity contribution in [3.05, 3.63) is 70.7 Å². The number of pyridine rings is 1. The number of nitrogens with one attached hydrogen (secondary N) is 1. The molecular formula is C18H20N2O4. The molecule has 0 saturated heterocycles. The van der Waals surface area contributed by atoms with Crippen molar-refractivity contribution in [1.29, 1.82) is 0 Å². The Balaban J connectivity index is 1.86. The lowest BCUT2D eigenvalue weighted by atomic mass is 10.1. The zero-order chi connectivity index (χ0) is 17.5. The second-order valence-corrected chi connectivity index (χ2v) is 5.37. The van der Waals surface area contributed by atoms with Gasteiger partial charge in [0.25, 0.3) is 5.91 Å². The number of esters is 1. The molecule has 0 saturated carbocycles. The van der Waals surface area contributed by atoms with Crippen LogP contribution in [-0.2, 0) is 16.0 Å². The van der Waals surface area contributed by atoms with Gasteiger partial charge in [0.05, 0.1) is 6.04 Å². The van der Waals surface area contributed by atoms with E-state index in [0.717, 1.165) is 12.0 Å². The predicted molar refractivity (Wildman–Crippen MR) is 88.1 cm³/mol. The summed E-state index contributed by atoms with van der Waals surface area (Å²) >= 11 is 0. The summed E-state index contributed by atoms with van der Waals surface area (Å²) in [6.07, 6.45) is 2.15. The molecule has 1 N–H and O–H groups in total. The fourth-order valence-corrected chi connectivity index (χ4v) is 2.20. The van der Waals surface area contributed by atoms with Crippen molar-refractivity contribution in [3.8, 4) is 0 Å². The summed E-state index contributed by atoms with van der Waals surface area (Å²) in [4.78, 5) is 23.7. The average Bonchev–Trinajstić information content (AvgIpc) is 2.60. The Labute approximate surface area is 140 Å². The first kappa shape index (κ1) is 17.5. The van der Waals surface area contributed by atoms with Crippen LogP contribution in [-0.4, -0.2) is 18.5 Å². The number of nitrogens with zero attached hydrogens (tertiary/aromatic N) is 1. The van der Waals surface area contributed by atoms with Crippen molar-refractivity contribution in [2.75, 3.05) is 6.61 Å². The summed E-state index contributed by atoms with van der Waals surface area (Å²) in [5.74, 6) is -1.26. The summed E-state index contributed by atoms with van der Waals surface area (Å²) < 4.78 is 5.27. The maximum atomic E-state index is 11.9. The Morgan fingerprint density at radius 3 is 2.54 bits per heavy atom. The maximum Gasteiger partial charge on any atom is 0.405 e. The lowest BCUT2D eigenvalue weighted by Gasteiger charge is -2.14. The standard InChI is InChI=1S/C18H20N2O4/c1-3-14-7-9-15(10-8-14)13(2)19-17(21)12-24-18(22)16-6-4-5-11-20(16)23/h4-11,13H,3,12H2,1-2H3,(H,19,21)/t13-/m1/s1. The molecule has 0 aliphatic carbocycles. The van der Waals surface area contributed by atoms with Crippen LogP contribution in [0.15, 0.2) is 48.7 Å². The first-order valence-electron chi connectivity index (χ1n) is 7.74. The minimum absolute atomic E-state index is 0.159. The second-order valence-electron chi connectivity index (χ2n) is 5.37. The Morgan fingerprint density at radius 2 is 1.92 bits per heavy atom. The van der Waals surface area contributed by atoms with E-state index in [1.54, 1.807) is 6.07 Å². The molecule has 6 heteroatoms. The zero-order valence-electron chi connectivity index (χ0n) is 13.7. The molecule has 0 bridgehead atoms. The van der Waals surface area contributed by atoms with Crippen molar-refractivity contribution in [2.45, 2.75) is 26.3 Å². The van der Waals surface area contributed by atoms with Crippen molar-refractivity contribution in [2.24, 2.45) is 0 Å². The molecule has 0 aliphatic rings. The number of aryl methyl sites for hydroxylation is 1. The van der Waals surface area contributed by atoms with Gasteiger partial charge in [-0.05, 0) is 30.5 Å². The summed E-state index contributed by atoms with van der Waals surface area (Å²) in [7, 11) is 0. The van der Waals surface area contributed by atoms with Crippen molar-refractivity contribution < 1.29 is 19.1 Å². The number of aromatic nitrogens is 1. The maximum absolute atomic E-state index is 11.9. The van der Waals surface area contributed by atoms with E-state index in [4.69, 9.17) is 4.74 Å². The highest BCUT2D eigenvalue weighted by Gasteiger charge is 2.18. The molecule has 0 unspecified atom stereocenters. The Hall–Kier alpha value is -2.89. The van der Waals surface area contributed by atoms with Crippen LogP contribution in [0.25, 0.3) is 0 Å². The van der Waals surface area contributed by atoms with Crippen LogP contribution in [0.3, 0.4) is 0 Å². The smallest absolute Gasteiger partial charge is 0.405 e. The van der Waals surface area contributed by atoms with Gasteiger partial charge in [-0.2, -0.15) is 4.73 Å². The minimum Gasteiger partial charge on any atom is -0.618 e. The topological polar surface area (TPSA) is 82.3 Å². The molecule has 126 valence electrons. The number of benzene rings is 1. The van der Waals surface area contributed by atoms with Gasteiger partial charge in [0.15, 0.2) is 12.8 Å². The zero-order valence-corrected chi connectivity index (χ0v) is 13.7.